The number of para-hydroxylation sites is 2. The molecule has 0 bridgehead atoms. The highest BCUT2D eigenvalue weighted by Gasteiger charge is 2.13. The Hall–Kier alpha value is -2.63. The van der Waals surface area contributed by atoms with Crippen molar-refractivity contribution >= 4 is 11.0 Å². The second kappa shape index (κ2) is 8.65. The van der Waals surface area contributed by atoms with Gasteiger partial charge in [0.1, 0.15) is 29.8 Å². The minimum atomic E-state index is -0.613. The quantitative estimate of drug-likeness (QED) is 0.609. The van der Waals surface area contributed by atoms with Gasteiger partial charge in [-0.15, -0.1) is 0 Å². The Balaban J connectivity index is 1.82. The molecule has 0 aliphatic rings. The van der Waals surface area contributed by atoms with E-state index in [1.807, 2.05) is 30.3 Å². The summed E-state index contributed by atoms with van der Waals surface area (Å²) in [5, 5.41) is 13.7. The molecule has 1 unspecified atom stereocenters. The predicted octanol–water partition coefficient (Wildman–Crippen LogP) is 3.20. The fourth-order valence-electron chi connectivity index (χ4n) is 2.72. The summed E-state index contributed by atoms with van der Waals surface area (Å²) in [5.41, 5.74) is 1.12. The van der Waals surface area contributed by atoms with Crippen molar-refractivity contribution < 1.29 is 14.3 Å². The van der Waals surface area contributed by atoms with Crippen molar-refractivity contribution in [2.24, 2.45) is 0 Å². The van der Waals surface area contributed by atoms with Crippen LogP contribution in [-0.2, 0) is 0 Å². The van der Waals surface area contributed by atoms with E-state index in [1.165, 1.54) is 6.07 Å². The Morgan fingerprint density at radius 2 is 1.92 bits per heavy atom. The van der Waals surface area contributed by atoms with Crippen LogP contribution in [0.1, 0.15) is 13.3 Å². The van der Waals surface area contributed by atoms with Crippen LogP contribution in [0.2, 0.25) is 0 Å². The Morgan fingerprint density at radius 3 is 2.77 bits per heavy atom. The van der Waals surface area contributed by atoms with Gasteiger partial charge in [-0.05, 0) is 37.2 Å². The van der Waals surface area contributed by atoms with Crippen LogP contribution in [0.5, 0.6) is 5.75 Å². The average molecular weight is 353 g/mol. The Labute approximate surface area is 152 Å². The molecule has 136 valence electrons. The van der Waals surface area contributed by atoms with Gasteiger partial charge >= 0.3 is 0 Å². The number of aliphatic hydroxyl groups is 1. The zero-order chi connectivity index (χ0) is 18.4. The van der Waals surface area contributed by atoms with Crippen molar-refractivity contribution in [3.05, 3.63) is 64.8 Å². The first kappa shape index (κ1) is 18.2. The lowest BCUT2D eigenvalue weighted by molar-refractivity contribution is 0.107. The van der Waals surface area contributed by atoms with E-state index in [9.17, 15) is 9.90 Å². The molecule has 3 aromatic rings. The van der Waals surface area contributed by atoms with Crippen LogP contribution in [0.4, 0.5) is 0 Å². The maximum Gasteiger partial charge on any atom is 0.193 e. The van der Waals surface area contributed by atoms with Crippen molar-refractivity contribution in [1.29, 1.82) is 0 Å². The molecule has 3 rings (SSSR count). The molecule has 1 aromatic heterocycles. The number of fused-ring (bicyclic) bond motifs is 1. The Bertz CT molecular complexity index is 919. The molecule has 0 amide bonds. The fraction of sp³-hybridized carbons (Fsp3) is 0.286. The van der Waals surface area contributed by atoms with Crippen molar-refractivity contribution in [3.8, 4) is 17.1 Å². The maximum absolute atomic E-state index is 12.3. The van der Waals surface area contributed by atoms with Gasteiger partial charge in [0.2, 0.25) is 0 Å². The molecule has 0 saturated carbocycles. The highest BCUT2D eigenvalue weighted by molar-refractivity contribution is 5.79. The number of ether oxygens (including phenoxy) is 1. The molecular weight excluding hydrogens is 330 g/mol. The summed E-state index contributed by atoms with van der Waals surface area (Å²) in [6.45, 7) is 3.56. The van der Waals surface area contributed by atoms with Gasteiger partial charge in [0.25, 0.3) is 0 Å². The highest BCUT2D eigenvalue weighted by atomic mass is 16.5. The third-order valence-corrected chi connectivity index (χ3v) is 4.03. The lowest BCUT2D eigenvalue weighted by atomic mass is 10.1. The lowest BCUT2D eigenvalue weighted by Crippen LogP contribution is -2.31. The van der Waals surface area contributed by atoms with Gasteiger partial charge in [-0.2, -0.15) is 0 Å². The van der Waals surface area contributed by atoms with Crippen LogP contribution in [0.25, 0.3) is 22.3 Å². The normalized spacial score (nSPS) is 12.2. The number of benzene rings is 2. The Kier molecular flexibility index (Phi) is 6.04. The first-order chi connectivity index (χ1) is 12.7. The van der Waals surface area contributed by atoms with Crippen LogP contribution in [-0.4, -0.2) is 30.9 Å². The third-order valence-electron chi connectivity index (χ3n) is 4.03. The summed E-state index contributed by atoms with van der Waals surface area (Å²) in [4.78, 5) is 12.3. The van der Waals surface area contributed by atoms with Crippen LogP contribution in [0, 0.1) is 0 Å². The van der Waals surface area contributed by atoms with Crippen LogP contribution in [0.3, 0.4) is 0 Å². The van der Waals surface area contributed by atoms with Crippen molar-refractivity contribution in [3.63, 3.8) is 0 Å². The maximum atomic E-state index is 12.3. The zero-order valence-corrected chi connectivity index (χ0v) is 14.8. The summed E-state index contributed by atoms with van der Waals surface area (Å²) in [6.07, 6.45) is 0.399. The highest BCUT2D eigenvalue weighted by Crippen LogP contribution is 2.30. The van der Waals surface area contributed by atoms with Gasteiger partial charge in [0.15, 0.2) is 5.43 Å². The molecule has 0 spiro atoms. The molecule has 0 aliphatic heterocycles. The van der Waals surface area contributed by atoms with E-state index >= 15 is 0 Å². The van der Waals surface area contributed by atoms with Crippen LogP contribution in [0.15, 0.2) is 63.8 Å². The first-order valence-corrected chi connectivity index (χ1v) is 8.83. The summed E-state index contributed by atoms with van der Waals surface area (Å²) < 4.78 is 11.7. The number of aliphatic hydroxyl groups excluding tert-OH is 1. The zero-order valence-electron chi connectivity index (χ0n) is 14.8. The molecule has 0 radical (unpaired) electrons. The largest absolute Gasteiger partial charge is 0.490 e. The number of nitrogens with one attached hydrogen (secondary N) is 1. The first-order valence-electron chi connectivity index (χ1n) is 8.83. The standard InChI is InChI=1S/C21H23NO4/c1-2-11-22-13-15(23)14-25-19-9-5-4-8-17(19)21-12-18(24)16-7-3-6-10-20(16)26-21/h3-10,12,15,22-23H,2,11,13-14H2,1H3. The van der Waals surface area contributed by atoms with E-state index in [1.54, 1.807) is 18.2 Å². The van der Waals surface area contributed by atoms with E-state index in [0.717, 1.165) is 13.0 Å². The topological polar surface area (TPSA) is 71.7 Å². The van der Waals surface area contributed by atoms with Crippen LogP contribution >= 0.6 is 0 Å². The Morgan fingerprint density at radius 1 is 1.15 bits per heavy atom. The molecule has 5 heteroatoms. The molecule has 1 heterocycles. The van der Waals surface area contributed by atoms with Gasteiger partial charge in [0, 0.05) is 12.6 Å². The van der Waals surface area contributed by atoms with Gasteiger partial charge in [-0.25, -0.2) is 0 Å². The number of rotatable bonds is 8. The van der Waals surface area contributed by atoms with E-state index in [-0.39, 0.29) is 12.0 Å². The molecule has 2 N–H and O–H groups in total. The summed E-state index contributed by atoms with van der Waals surface area (Å²) in [6, 6.07) is 16.0. The minimum Gasteiger partial charge on any atom is -0.490 e. The molecule has 5 nitrogen and oxygen atoms in total. The van der Waals surface area contributed by atoms with Crippen molar-refractivity contribution in [2.75, 3.05) is 19.7 Å². The van der Waals surface area contributed by atoms with Gasteiger partial charge in [-0.3, -0.25) is 4.79 Å². The smallest absolute Gasteiger partial charge is 0.193 e. The predicted molar refractivity (Wildman–Crippen MR) is 103 cm³/mol. The van der Waals surface area contributed by atoms with E-state index in [0.29, 0.717) is 34.6 Å². The SMILES string of the molecule is CCCNCC(O)COc1ccccc1-c1cc(=O)c2ccccc2o1. The summed E-state index contributed by atoms with van der Waals surface area (Å²) in [7, 11) is 0. The van der Waals surface area contributed by atoms with E-state index in [2.05, 4.69) is 12.2 Å². The molecule has 0 fully saturated rings. The molecule has 1 atom stereocenters. The van der Waals surface area contributed by atoms with E-state index in [4.69, 9.17) is 9.15 Å². The second-order valence-electron chi connectivity index (χ2n) is 6.14. The third kappa shape index (κ3) is 4.31. The molecule has 26 heavy (non-hydrogen) atoms. The van der Waals surface area contributed by atoms with Crippen molar-refractivity contribution in [2.45, 2.75) is 19.4 Å². The molecule has 0 saturated heterocycles. The summed E-state index contributed by atoms with van der Waals surface area (Å²) >= 11 is 0. The molecule has 0 aliphatic carbocycles. The molecule has 2 aromatic carbocycles. The molecular formula is C21H23NO4. The van der Waals surface area contributed by atoms with Crippen LogP contribution < -0.4 is 15.5 Å². The summed E-state index contributed by atoms with van der Waals surface area (Å²) in [5.74, 6) is 1.02. The van der Waals surface area contributed by atoms with Gasteiger partial charge in [-0.1, -0.05) is 31.2 Å². The fourth-order valence-corrected chi connectivity index (χ4v) is 2.72. The van der Waals surface area contributed by atoms with Gasteiger partial charge in [0.05, 0.1) is 10.9 Å². The number of hydrogen-bond donors (Lipinski definition) is 2. The monoisotopic (exact) mass is 353 g/mol. The lowest BCUT2D eigenvalue weighted by Gasteiger charge is -2.15. The average Bonchev–Trinajstić information content (AvgIpc) is 2.67. The van der Waals surface area contributed by atoms with Crippen molar-refractivity contribution in [1.82, 2.24) is 5.32 Å². The second-order valence-corrected chi connectivity index (χ2v) is 6.14. The number of hydrogen-bond acceptors (Lipinski definition) is 5. The van der Waals surface area contributed by atoms with Gasteiger partial charge < -0.3 is 19.6 Å². The van der Waals surface area contributed by atoms with E-state index < -0.39 is 6.10 Å². The minimum absolute atomic E-state index is 0.0968.